The molecule has 6 nitrogen and oxygen atoms in total. The molecule has 1 amide bonds. The van der Waals surface area contributed by atoms with Crippen LogP contribution in [0.15, 0.2) is 63.8 Å². The number of halogens is 1. The quantitative estimate of drug-likeness (QED) is 0.501. The fourth-order valence-corrected chi connectivity index (χ4v) is 3.70. The topological polar surface area (TPSA) is 65.8 Å². The van der Waals surface area contributed by atoms with Crippen LogP contribution < -0.4 is 15.8 Å². The van der Waals surface area contributed by atoms with Gasteiger partial charge in [-0.15, -0.1) is 0 Å². The van der Waals surface area contributed by atoms with Crippen LogP contribution in [-0.4, -0.2) is 50.1 Å². The zero-order chi connectivity index (χ0) is 20.9. The first-order valence-corrected chi connectivity index (χ1v) is 10.1. The maximum absolute atomic E-state index is 13.1. The van der Waals surface area contributed by atoms with E-state index in [1.165, 1.54) is 12.1 Å². The van der Waals surface area contributed by atoms with Gasteiger partial charge in [-0.1, -0.05) is 18.2 Å². The van der Waals surface area contributed by atoms with Crippen LogP contribution >= 0.6 is 0 Å². The molecule has 0 unspecified atom stereocenters. The van der Waals surface area contributed by atoms with Crippen molar-refractivity contribution in [3.8, 4) is 0 Å². The Morgan fingerprint density at radius 2 is 1.77 bits per heavy atom. The first kappa shape index (κ1) is 20.1. The average molecular weight is 409 g/mol. The van der Waals surface area contributed by atoms with Gasteiger partial charge in [0.25, 0.3) is 5.91 Å². The largest absolute Gasteiger partial charge is 0.422 e. The van der Waals surface area contributed by atoms with Crippen molar-refractivity contribution in [1.82, 2.24) is 10.2 Å². The molecule has 1 aliphatic heterocycles. The third-order valence-corrected chi connectivity index (χ3v) is 5.39. The minimum Gasteiger partial charge on any atom is -0.422 e. The molecule has 4 rings (SSSR count). The molecule has 0 atom stereocenters. The van der Waals surface area contributed by atoms with Crippen LogP contribution in [-0.2, 0) is 0 Å². The third-order valence-electron chi connectivity index (χ3n) is 5.39. The van der Waals surface area contributed by atoms with E-state index in [4.69, 9.17) is 4.42 Å². The minimum atomic E-state index is -0.622. The van der Waals surface area contributed by atoms with Gasteiger partial charge in [-0.05, 0) is 49.4 Å². The van der Waals surface area contributed by atoms with Gasteiger partial charge in [0.1, 0.15) is 17.0 Å². The van der Waals surface area contributed by atoms with Crippen molar-refractivity contribution in [2.24, 2.45) is 0 Å². The molecule has 7 heteroatoms. The number of nitrogens with one attached hydrogen (secondary N) is 1. The molecule has 2 aromatic carbocycles. The number of rotatable bonds is 6. The number of benzene rings is 2. The van der Waals surface area contributed by atoms with Crippen LogP contribution in [0.2, 0.25) is 0 Å². The van der Waals surface area contributed by atoms with E-state index in [0.717, 1.165) is 50.2 Å². The van der Waals surface area contributed by atoms with Gasteiger partial charge in [0, 0.05) is 43.8 Å². The van der Waals surface area contributed by atoms with Crippen molar-refractivity contribution in [2.75, 3.05) is 44.2 Å². The smallest absolute Gasteiger partial charge is 0.349 e. The molecule has 0 saturated carbocycles. The molecular formula is C23H24FN3O3. The number of nitrogens with zero attached hydrogens (tertiary/aromatic N) is 2. The lowest BCUT2D eigenvalue weighted by atomic mass is 10.2. The normalized spacial score (nSPS) is 14.8. The molecule has 1 N–H and O–H groups in total. The van der Waals surface area contributed by atoms with Gasteiger partial charge >= 0.3 is 5.63 Å². The standard InChI is InChI=1S/C23H24FN3O3/c24-18-6-8-19(9-7-18)27-14-12-26(13-15-27)11-3-10-25-22(28)20-16-17-4-1-2-5-21(17)30-23(20)29/h1-2,4-9,16H,3,10-15H2,(H,25,28). The zero-order valence-electron chi connectivity index (χ0n) is 16.6. The van der Waals surface area contributed by atoms with Gasteiger partial charge in [0.2, 0.25) is 0 Å². The summed E-state index contributed by atoms with van der Waals surface area (Å²) >= 11 is 0. The summed E-state index contributed by atoms with van der Waals surface area (Å²) in [4.78, 5) is 29.0. The number of hydrogen-bond donors (Lipinski definition) is 1. The Labute approximate surface area is 173 Å². The van der Waals surface area contributed by atoms with Crippen LogP contribution in [0.3, 0.4) is 0 Å². The monoisotopic (exact) mass is 409 g/mol. The second kappa shape index (κ2) is 9.09. The summed E-state index contributed by atoms with van der Waals surface area (Å²) < 4.78 is 18.3. The highest BCUT2D eigenvalue weighted by Gasteiger charge is 2.17. The Balaban J connectivity index is 1.22. The summed E-state index contributed by atoms with van der Waals surface area (Å²) in [7, 11) is 0. The Bertz CT molecular complexity index is 1070. The molecule has 1 saturated heterocycles. The fourth-order valence-electron chi connectivity index (χ4n) is 3.70. The summed E-state index contributed by atoms with van der Waals surface area (Å²) in [6.07, 6.45) is 0.793. The number of fused-ring (bicyclic) bond motifs is 1. The highest BCUT2D eigenvalue weighted by atomic mass is 19.1. The summed E-state index contributed by atoms with van der Waals surface area (Å²) in [5.74, 6) is -0.628. The van der Waals surface area contributed by atoms with E-state index in [-0.39, 0.29) is 11.4 Å². The Morgan fingerprint density at radius 3 is 2.53 bits per heavy atom. The Hall–Kier alpha value is -3.19. The summed E-state index contributed by atoms with van der Waals surface area (Å²) in [5, 5.41) is 3.54. The maximum Gasteiger partial charge on any atom is 0.349 e. The fraction of sp³-hybridized carbons (Fsp3) is 0.304. The molecule has 0 aliphatic carbocycles. The van der Waals surface area contributed by atoms with Crippen molar-refractivity contribution in [3.63, 3.8) is 0 Å². The van der Waals surface area contributed by atoms with Crippen molar-refractivity contribution < 1.29 is 13.6 Å². The maximum atomic E-state index is 13.1. The van der Waals surface area contributed by atoms with Gasteiger partial charge < -0.3 is 14.6 Å². The molecule has 0 radical (unpaired) electrons. The van der Waals surface area contributed by atoms with Crippen molar-refractivity contribution >= 4 is 22.6 Å². The molecule has 156 valence electrons. The molecule has 30 heavy (non-hydrogen) atoms. The lowest BCUT2D eigenvalue weighted by molar-refractivity contribution is 0.0948. The molecule has 1 fully saturated rings. The SMILES string of the molecule is O=C(NCCCN1CCN(c2ccc(F)cc2)CC1)c1cc2ccccc2oc1=O. The predicted molar refractivity (Wildman–Crippen MR) is 114 cm³/mol. The van der Waals surface area contributed by atoms with E-state index in [0.29, 0.717) is 12.1 Å². The van der Waals surface area contributed by atoms with Crippen molar-refractivity contribution in [2.45, 2.75) is 6.42 Å². The Morgan fingerprint density at radius 1 is 1.03 bits per heavy atom. The zero-order valence-corrected chi connectivity index (χ0v) is 16.6. The summed E-state index contributed by atoms with van der Waals surface area (Å²) in [5.41, 5.74) is 0.918. The number of para-hydroxylation sites is 1. The number of anilines is 1. The number of amides is 1. The highest BCUT2D eigenvalue weighted by molar-refractivity contribution is 5.96. The van der Waals surface area contributed by atoms with E-state index < -0.39 is 11.5 Å². The van der Waals surface area contributed by atoms with Crippen molar-refractivity contribution in [3.05, 3.63) is 76.4 Å². The van der Waals surface area contributed by atoms with Gasteiger partial charge in [-0.25, -0.2) is 9.18 Å². The lowest BCUT2D eigenvalue weighted by Crippen LogP contribution is -2.47. The molecule has 0 bridgehead atoms. The van der Waals surface area contributed by atoms with Crippen LogP contribution in [0.5, 0.6) is 0 Å². The molecule has 1 aliphatic rings. The minimum absolute atomic E-state index is 0.0293. The van der Waals surface area contributed by atoms with Crippen LogP contribution in [0, 0.1) is 5.82 Å². The van der Waals surface area contributed by atoms with Gasteiger partial charge in [-0.2, -0.15) is 0 Å². The van der Waals surface area contributed by atoms with E-state index in [9.17, 15) is 14.0 Å². The predicted octanol–water partition coefficient (Wildman–Crippen LogP) is 2.87. The van der Waals surface area contributed by atoms with Crippen molar-refractivity contribution in [1.29, 1.82) is 0 Å². The average Bonchev–Trinajstić information content (AvgIpc) is 2.77. The summed E-state index contributed by atoms with van der Waals surface area (Å²) in [6.45, 7) is 4.96. The van der Waals surface area contributed by atoms with Gasteiger partial charge in [0.05, 0.1) is 0 Å². The van der Waals surface area contributed by atoms with E-state index in [2.05, 4.69) is 15.1 Å². The molecule has 1 aromatic heterocycles. The first-order valence-electron chi connectivity index (χ1n) is 10.1. The van der Waals surface area contributed by atoms with E-state index in [1.54, 1.807) is 24.3 Å². The number of piperazine rings is 1. The van der Waals surface area contributed by atoms with E-state index in [1.807, 2.05) is 18.2 Å². The van der Waals surface area contributed by atoms with Crippen LogP contribution in [0.25, 0.3) is 11.0 Å². The highest BCUT2D eigenvalue weighted by Crippen LogP contribution is 2.17. The number of hydrogen-bond acceptors (Lipinski definition) is 5. The lowest BCUT2D eigenvalue weighted by Gasteiger charge is -2.36. The second-order valence-electron chi connectivity index (χ2n) is 7.40. The number of carbonyl (C=O) groups excluding carboxylic acids is 1. The van der Waals surface area contributed by atoms with Gasteiger partial charge in [-0.3, -0.25) is 9.69 Å². The molecular weight excluding hydrogens is 385 g/mol. The molecule has 2 heterocycles. The van der Waals surface area contributed by atoms with E-state index >= 15 is 0 Å². The second-order valence-corrected chi connectivity index (χ2v) is 7.40. The molecule has 3 aromatic rings. The third kappa shape index (κ3) is 4.68. The van der Waals surface area contributed by atoms with Crippen LogP contribution in [0.4, 0.5) is 10.1 Å². The Kier molecular flexibility index (Phi) is 6.09. The first-order chi connectivity index (χ1) is 14.6. The molecule has 0 spiro atoms. The van der Waals surface area contributed by atoms with Gasteiger partial charge in [0.15, 0.2) is 0 Å². The number of carbonyl (C=O) groups is 1. The van der Waals surface area contributed by atoms with Crippen LogP contribution in [0.1, 0.15) is 16.8 Å². The summed E-state index contributed by atoms with van der Waals surface area (Å²) in [6, 6.07) is 15.3.